The van der Waals surface area contributed by atoms with Crippen LogP contribution in [0.15, 0.2) is 48.5 Å². The molecule has 2 aromatic carbocycles. The lowest BCUT2D eigenvalue weighted by atomic mass is 10.1. The molecule has 1 heterocycles. The number of nitrogens with one attached hydrogen (secondary N) is 2. The summed E-state index contributed by atoms with van der Waals surface area (Å²) < 4.78 is 0. The van der Waals surface area contributed by atoms with Gasteiger partial charge in [-0.05, 0) is 24.1 Å². The Hall–Kier alpha value is -1.35. The fourth-order valence-corrected chi connectivity index (χ4v) is 3.64. The van der Waals surface area contributed by atoms with E-state index in [-0.39, 0.29) is 0 Å². The third-order valence-electron chi connectivity index (χ3n) is 4.89. The van der Waals surface area contributed by atoms with Gasteiger partial charge in [0.1, 0.15) is 39.3 Å². The van der Waals surface area contributed by atoms with E-state index in [0.717, 1.165) is 24.5 Å². The highest BCUT2D eigenvalue weighted by molar-refractivity contribution is 6.30. The van der Waals surface area contributed by atoms with Gasteiger partial charge >= 0.3 is 0 Å². The molecule has 2 N–H and O–H groups in total. The highest BCUT2D eigenvalue weighted by Gasteiger charge is 2.23. The Kier molecular flexibility index (Phi) is 5.71. The first-order valence-electron chi connectivity index (χ1n) is 8.72. The standard InChI is InChI=1S/C20H25ClN2/c1-2-17-6-8-18(9-7-17)15-22-10-12-23(13-11-22)16-19-4-3-5-20(21)14-19/h3-9,14H,2,10-13,15-16H2,1H3/p+2. The van der Waals surface area contributed by atoms with Gasteiger partial charge < -0.3 is 9.80 Å². The van der Waals surface area contributed by atoms with Gasteiger partial charge in [-0.1, -0.05) is 54.9 Å². The zero-order valence-electron chi connectivity index (χ0n) is 13.9. The molecule has 1 fully saturated rings. The molecule has 3 rings (SSSR count). The van der Waals surface area contributed by atoms with E-state index in [9.17, 15) is 0 Å². The quantitative estimate of drug-likeness (QED) is 0.820. The maximum atomic E-state index is 6.08. The molecule has 1 aliphatic heterocycles. The molecular weight excluding hydrogens is 304 g/mol. The highest BCUT2D eigenvalue weighted by Crippen LogP contribution is 2.09. The maximum Gasteiger partial charge on any atom is 0.127 e. The Morgan fingerprint density at radius 3 is 1.91 bits per heavy atom. The van der Waals surface area contributed by atoms with Crippen LogP contribution >= 0.6 is 11.6 Å². The van der Waals surface area contributed by atoms with Crippen LogP contribution in [-0.2, 0) is 19.5 Å². The lowest BCUT2D eigenvalue weighted by molar-refractivity contribution is -1.02. The minimum Gasteiger partial charge on any atom is -0.322 e. The Labute approximate surface area is 144 Å². The Bertz CT molecular complexity index is 616. The normalized spacial score (nSPS) is 21.3. The van der Waals surface area contributed by atoms with Crippen molar-refractivity contribution in [1.82, 2.24) is 0 Å². The van der Waals surface area contributed by atoms with Gasteiger partial charge in [0.25, 0.3) is 0 Å². The molecule has 0 aliphatic carbocycles. The summed E-state index contributed by atoms with van der Waals surface area (Å²) in [6.07, 6.45) is 1.12. The molecule has 0 spiro atoms. The van der Waals surface area contributed by atoms with Crippen LogP contribution < -0.4 is 9.80 Å². The summed E-state index contributed by atoms with van der Waals surface area (Å²) in [5, 5.41) is 0.849. The van der Waals surface area contributed by atoms with Gasteiger partial charge in [0, 0.05) is 16.1 Å². The lowest BCUT2D eigenvalue weighted by Gasteiger charge is -2.29. The second-order valence-electron chi connectivity index (χ2n) is 6.65. The van der Waals surface area contributed by atoms with Gasteiger partial charge in [-0.2, -0.15) is 0 Å². The molecule has 3 heteroatoms. The summed E-state index contributed by atoms with van der Waals surface area (Å²) in [5.74, 6) is 0. The number of hydrogen-bond donors (Lipinski definition) is 2. The molecule has 1 aliphatic rings. The first-order valence-corrected chi connectivity index (χ1v) is 9.10. The predicted molar refractivity (Wildman–Crippen MR) is 96.1 cm³/mol. The second kappa shape index (κ2) is 7.96. The number of aryl methyl sites for hydroxylation is 1. The van der Waals surface area contributed by atoms with Crippen molar-refractivity contribution in [3.8, 4) is 0 Å². The van der Waals surface area contributed by atoms with Gasteiger partial charge in [-0.15, -0.1) is 0 Å². The van der Waals surface area contributed by atoms with Crippen molar-refractivity contribution in [2.24, 2.45) is 0 Å². The summed E-state index contributed by atoms with van der Waals surface area (Å²) >= 11 is 6.08. The van der Waals surface area contributed by atoms with E-state index in [1.54, 1.807) is 9.80 Å². The van der Waals surface area contributed by atoms with E-state index in [1.165, 1.54) is 42.9 Å². The Morgan fingerprint density at radius 1 is 0.783 bits per heavy atom. The molecule has 0 bridgehead atoms. The molecule has 122 valence electrons. The average Bonchev–Trinajstić information content (AvgIpc) is 2.57. The predicted octanol–water partition coefficient (Wildman–Crippen LogP) is 1.39. The van der Waals surface area contributed by atoms with Crippen LogP contribution in [0.5, 0.6) is 0 Å². The molecule has 0 aromatic heterocycles. The van der Waals surface area contributed by atoms with Crippen LogP contribution in [0.4, 0.5) is 0 Å². The van der Waals surface area contributed by atoms with Crippen molar-refractivity contribution in [2.75, 3.05) is 26.2 Å². The summed E-state index contributed by atoms with van der Waals surface area (Å²) in [4.78, 5) is 3.39. The summed E-state index contributed by atoms with van der Waals surface area (Å²) in [7, 11) is 0. The van der Waals surface area contributed by atoms with Crippen LogP contribution in [0.1, 0.15) is 23.6 Å². The smallest absolute Gasteiger partial charge is 0.127 e. The van der Waals surface area contributed by atoms with Crippen molar-refractivity contribution in [2.45, 2.75) is 26.4 Å². The van der Waals surface area contributed by atoms with Crippen LogP contribution in [0.3, 0.4) is 0 Å². The maximum absolute atomic E-state index is 6.08. The van der Waals surface area contributed by atoms with E-state index in [2.05, 4.69) is 49.4 Å². The molecule has 0 unspecified atom stereocenters. The summed E-state index contributed by atoms with van der Waals surface area (Å²) in [6.45, 7) is 9.47. The number of benzene rings is 2. The zero-order valence-corrected chi connectivity index (χ0v) is 14.7. The minimum atomic E-state index is 0.849. The summed E-state index contributed by atoms with van der Waals surface area (Å²) in [5.41, 5.74) is 4.25. The Morgan fingerprint density at radius 2 is 1.35 bits per heavy atom. The molecule has 0 amide bonds. The molecule has 23 heavy (non-hydrogen) atoms. The van der Waals surface area contributed by atoms with Crippen LogP contribution in [0.2, 0.25) is 5.02 Å². The largest absolute Gasteiger partial charge is 0.322 e. The van der Waals surface area contributed by atoms with Crippen molar-refractivity contribution < 1.29 is 9.80 Å². The first kappa shape index (κ1) is 16.5. The van der Waals surface area contributed by atoms with Crippen molar-refractivity contribution >= 4 is 11.6 Å². The SMILES string of the molecule is CCc1ccc(C[NH+]2CC[NH+](Cc3cccc(Cl)c3)CC2)cc1. The minimum absolute atomic E-state index is 0.849. The van der Waals surface area contributed by atoms with Crippen molar-refractivity contribution in [1.29, 1.82) is 0 Å². The number of piperazine rings is 1. The molecule has 2 nitrogen and oxygen atoms in total. The summed E-state index contributed by atoms with van der Waals surface area (Å²) in [6, 6.07) is 17.4. The van der Waals surface area contributed by atoms with Crippen LogP contribution in [0, 0.1) is 0 Å². The lowest BCUT2D eigenvalue weighted by Crippen LogP contribution is -3.27. The Balaban J connectivity index is 1.48. The zero-order chi connectivity index (χ0) is 16.1. The van der Waals surface area contributed by atoms with Crippen molar-refractivity contribution in [3.63, 3.8) is 0 Å². The number of hydrogen-bond acceptors (Lipinski definition) is 0. The highest BCUT2D eigenvalue weighted by atomic mass is 35.5. The third-order valence-corrected chi connectivity index (χ3v) is 5.13. The molecule has 1 saturated heterocycles. The van der Waals surface area contributed by atoms with Crippen LogP contribution in [0.25, 0.3) is 0 Å². The average molecular weight is 331 g/mol. The molecule has 0 saturated carbocycles. The number of rotatable bonds is 5. The van der Waals surface area contributed by atoms with E-state index in [0.29, 0.717) is 0 Å². The second-order valence-corrected chi connectivity index (χ2v) is 7.09. The fraction of sp³-hybridized carbons (Fsp3) is 0.400. The van der Waals surface area contributed by atoms with E-state index >= 15 is 0 Å². The molecular formula is C20H27ClN2+2. The van der Waals surface area contributed by atoms with Crippen molar-refractivity contribution in [3.05, 3.63) is 70.2 Å². The van der Waals surface area contributed by atoms with E-state index in [1.807, 2.05) is 6.07 Å². The fourth-order valence-electron chi connectivity index (χ4n) is 3.43. The molecule has 0 radical (unpaired) electrons. The van der Waals surface area contributed by atoms with Crippen LogP contribution in [-0.4, -0.2) is 26.2 Å². The van der Waals surface area contributed by atoms with Gasteiger partial charge in [-0.25, -0.2) is 0 Å². The van der Waals surface area contributed by atoms with Gasteiger partial charge in [0.15, 0.2) is 0 Å². The number of halogens is 1. The first-order chi connectivity index (χ1) is 11.2. The molecule has 0 atom stereocenters. The third kappa shape index (κ3) is 4.81. The van der Waals surface area contributed by atoms with Gasteiger partial charge in [0.2, 0.25) is 0 Å². The topological polar surface area (TPSA) is 8.88 Å². The van der Waals surface area contributed by atoms with Gasteiger partial charge in [0.05, 0.1) is 0 Å². The number of quaternary nitrogens is 2. The van der Waals surface area contributed by atoms with Gasteiger partial charge in [-0.3, -0.25) is 0 Å². The molecule has 2 aromatic rings. The van der Waals surface area contributed by atoms with E-state index in [4.69, 9.17) is 11.6 Å². The van der Waals surface area contributed by atoms with E-state index < -0.39 is 0 Å². The monoisotopic (exact) mass is 330 g/mol.